The van der Waals surface area contributed by atoms with Crippen LogP contribution in [0.25, 0.3) is 0 Å². The molecular weight excluding hydrogens is 280 g/mol. The van der Waals surface area contributed by atoms with E-state index in [1.165, 1.54) is 31.6 Å². The molecule has 0 spiro atoms. The molecule has 110 valence electrons. The van der Waals surface area contributed by atoms with Gasteiger partial charge in [0, 0.05) is 23.5 Å². The summed E-state index contributed by atoms with van der Waals surface area (Å²) >= 11 is 1.76. The highest BCUT2D eigenvalue weighted by molar-refractivity contribution is 8.16. The van der Waals surface area contributed by atoms with E-state index in [2.05, 4.69) is 21.3 Å². The Morgan fingerprint density at radius 2 is 2.05 bits per heavy atom. The number of aliphatic imine (C=N–C) groups is 1. The minimum atomic E-state index is 0.177. The molecule has 1 atom stereocenters. The van der Waals surface area contributed by atoms with Crippen LogP contribution in [-0.2, 0) is 0 Å². The highest BCUT2D eigenvalue weighted by atomic mass is 32.2. The molecule has 2 N–H and O–H groups in total. The summed E-state index contributed by atoms with van der Waals surface area (Å²) in [7, 11) is 0. The Hall–Kier alpha value is -1.46. The van der Waals surface area contributed by atoms with E-state index in [9.17, 15) is 0 Å². The Balaban J connectivity index is 1.49. The van der Waals surface area contributed by atoms with E-state index in [1.807, 2.05) is 18.2 Å². The zero-order valence-electron chi connectivity index (χ0n) is 12.0. The van der Waals surface area contributed by atoms with Crippen molar-refractivity contribution in [3.05, 3.63) is 40.9 Å². The van der Waals surface area contributed by atoms with Crippen molar-refractivity contribution in [2.75, 3.05) is 31.9 Å². The number of para-hydroxylation sites is 1. The van der Waals surface area contributed by atoms with Gasteiger partial charge in [0.25, 0.3) is 0 Å². The monoisotopic (exact) mass is 300 g/mol. The Morgan fingerprint density at radius 3 is 2.86 bits per heavy atom. The van der Waals surface area contributed by atoms with Crippen LogP contribution in [-0.4, -0.2) is 41.1 Å². The second kappa shape index (κ2) is 5.39. The normalized spacial score (nSPS) is 25.1. The van der Waals surface area contributed by atoms with Gasteiger partial charge in [-0.05, 0) is 37.4 Å². The average Bonchev–Trinajstić information content (AvgIpc) is 3.18. The first-order chi connectivity index (χ1) is 10.3. The van der Waals surface area contributed by atoms with Crippen LogP contribution in [0.2, 0.25) is 0 Å². The van der Waals surface area contributed by atoms with Gasteiger partial charge in [-0.25, -0.2) is 0 Å². The molecule has 4 rings (SSSR count). The van der Waals surface area contributed by atoms with Crippen molar-refractivity contribution >= 4 is 22.6 Å². The van der Waals surface area contributed by atoms with Crippen molar-refractivity contribution in [2.45, 2.75) is 18.9 Å². The maximum absolute atomic E-state index is 6.10. The van der Waals surface area contributed by atoms with Crippen LogP contribution in [0.3, 0.4) is 0 Å². The first-order valence-corrected chi connectivity index (χ1v) is 8.47. The molecule has 1 aromatic carbocycles. The Bertz CT molecular complexity index is 604. The number of nitrogen functional groups attached to an aromatic ring is 1. The molecule has 0 aliphatic carbocycles. The number of anilines is 1. The molecule has 1 saturated heterocycles. The number of benzene rings is 1. The van der Waals surface area contributed by atoms with Gasteiger partial charge in [-0.1, -0.05) is 30.0 Å². The predicted molar refractivity (Wildman–Crippen MR) is 89.1 cm³/mol. The maximum Gasteiger partial charge on any atom is 0.168 e. The molecule has 0 radical (unpaired) electrons. The third-order valence-electron chi connectivity index (χ3n) is 4.44. The fourth-order valence-corrected chi connectivity index (χ4v) is 4.24. The van der Waals surface area contributed by atoms with Crippen LogP contribution in [0.5, 0.6) is 0 Å². The van der Waals surface area contributed by atoms with E-state index in [4.69, 9.17) is 10.7 Å². The van der Waals surface area contributed by atoms with Crippen LogP contribution in [0, 0.1) is 0 Å². The molecule has 1 unspecified atom stereocenters. The second-order valence-corrected chi connectivity index (χ2v) is 6.71. The van der Waals surface area contributed by atoms with Gasteiger partial charge in [0.05, 0.1) is 12.6 Å². The van der Waals surface area contributed by atoms with E-state index in [1.54, 1.807) is 11.8 Å². The number of rotatable bonds is 3. The molecule has 3 heterocycles. The van der Waals surface area contributed by atoms with Crippen molar-refractivity contribution in [1.29, 1.82) is 0 Å². The van der Waals surface area contributed by atoms with E-state index < -0.39 is 0 Å². The smallest absolute Gasteiger partial charge is 0.168 e. The number of amidine groups is 1. The van der Waals surface area contributed by atoms with E-state index in [-0.39, 0.29) is 6.04 Å². The highest BCUT2D eigenvalue weighted by Crippen LogP contribution is 2.38. The van der Waals surface area contributed by atoms with Gasteiger partial charge in [0.1, 0.15) is 0 Å². The molecule has 0 bridgehead atoms. The lowest BCUT2D eigenvalue weighted by atomic mass is 10.1. The Kier molecular flexibility index (Phi) is 3.39. The molecule has 5 heteroatoms. The van der Waals surface area contributed by atoms with Gasteiger partial charge < -0.3 is 10.6 Å². The summed E-state index contributed by atoms with van der Waals surface area (Å²) in [5.74, 6) is 0. The molecule has 21 heavy (non-hydrogen) atoms. The lowest BCUT2D eigenvalue weighted by molar-refractivity contribution is 0.338. The third kappa shape index (κ3) is 2.45. The number of nitrogens with two attached hydrogens (primary N) is 1. The number of likely N-dealkylation sites (tertiary alicyclic amines) is 1. The molecule has 0 saturated carbocycles. The summed E-state index contributed by atoms with van der Waals surface area (Å²) in [5.41, 5.74) is 9.50. The fraction of sp³-hybridized carbons (Fsp3) is 0.438. The lowest BCUT2D eigenvalue weighted by Gasteiger charge is -2.23. The summed E-state index contributed by atoms with van der Waals surface area (Å²) in [5, 5.41) is 3.40. The molecule has 3 aliphatic rings. The van der Waals surface area contributed by atoms with Gasteiger partial charge >= 0.3 is 0 Å². The second-order valence-electron chi connectivity index (χ2n) is 5.88. The SMILES string of the molecule is Nc1ccccc1C1CN2C(CN3CCCC3)=CSC2=N1. The Morgan fingerprint density at radius 1 is 1.24 bits per heavy atom. The predicted octanol–water partition coefficient (Wildman–Crippen LogP) is 2.67. The quantitative estimate of drug-likeness (QED) is 0.872. The van der Waals surface area contributed by atoms with E-state index >= 15 is 0 Å². The summed E-state index contributed by atoms with van der Waals surface area (Å²) in [4.78, 5) is 9.78. The first kappa shape index (κ1) is 13.2. The third-order valence-corrected chi connectivity index (χ3v) is 5.37. The maximum atomic E-state index is 6.10. The minimum Gasteiger partial charge on any atom is -0.398 e. The first-order valence-electron chi connectivity index (χ1n) is 7.59. The van der Waals surface area contributed by atoms with Crippen molar-refractivity contribution in [2.24, 2.45) is 4.99 Å². The highest BCUT2D eigenvalue weighted by Gasteiger charge is 2.33. The minimum absolute atomic E-state index is 0.177. The molecule has 1 aromatic rings. The molecule has 0 amide bonds. The number of hydrogen-bond acceptors (Lipinski definition) is 5. The van der Waals surface area contributed by atoms with Crippen LogP contribution in [0.1, 0.15) is 24.4 Å². The average molecular weight is 300 g/mol. The van der Waals surface area contributed by atoms with Gasteiger partial charge in [0.2, 0.25) is 0 Å². The summed E-state index contributed by atoms with van der Waals surface area (Å²) in [6, 6.07) is 8.27. The van der Waals surface area contributed by atoms with Crippen LogP contribution >= 0.6 is 11.8 Å². The van der Waals surface area contributed by atoms with Gasteiger partial charge in [-0.15, -0.1) is 0 Å². The van der Waals surface area contributed by atoms with Gasteiger partial charge in [0.15, 0.2) is 5.17 Å². The van der Waals surface area contributed by atoms with Crippen molar-refractivity contribution in [3.8, 4) is 0 Å². The summed E-state index contributed by atoms with van der Waals surface area (Å²) in [6.07, 6.45) is 2.68. The van der Waals surface area contributed by atoms with Gasteiger partial charge in [-0.3, -0.25) is 9.89 Å². The largest absolute Gasteiger partial charge is 0.398 e. The van der Waals surface area contributed by atoms with Crippen LogP contribution < -0.4 is 5.73 Å². The fourth-order valence-electron chi connectivity index (χ4n) is 3.29. The summed E-state index contributed by atoms with van der Waals surface area (Å²) < 4.78 is 0. The molecular formula is C16H20N4S. The standard InChI is InChI=1S/C16H20N4S/c17-14-6-2-1-5-13(14)15-10-20-12(11-21-16(20)18-15)9-19-7-3-4-8-19/h1-2,5-6,11,15H,3-4,7-10,17H2. The number of nitrogens with zero attached hydrogens (tertiary/aromatic N) is 3. The topological polar surface area (TPSA) is 44.9 Å². The van der Waals surface area contributed by atoms with Crippen LogP contribution in [0.4, 0.5) is 5.69 Å². The zero-order valence-corrected chi connectivity index (χ0v) is 12.9. The molecule has 3 aliphatic heterocycles. The number of fused-ring (bicyclic) bond motifs is 1. The zero-order chi connectivity index (χ0) is 14.2. The van der Waals surface area contributed by atoms with E-state index in [0.29, 0.717) is 0 Å². The van der Waals surface area contributed by atoms with Crippen molar-refractivity contribution in [3.63, 3.8) is 0 Å². The van der Waals surface area contributed by atoms with Crippen molar-refractivity contribution < 1.29 is 0 Å². The number of thioether (sulfide) groups is 1. The molecule has 4 nitrogen and oxygen atoms in total. The van der Waals surface area contributed by atoms with Crippen molar-refractivity contribution in [1.82, 2.24) is 9.80 Å². The Labute approximate surface area is 129 Å². The number of hydrogen-bond donors (Lipinski definition) is 1. The lowest BCUT2D eigenvalue weighted by Crippen LogP contribution is -2.30. The van der Waals surface area contributed by atoms with E-state index in [0.717, 1.165) is 29.5 Å². The molecule has 0 aromatic heterocycles. The van der Waals surface area contributed by atoms with Gasteiger partial charge in [-0.2, -0.15) is 0 Å². The van der Waals surface area contributed by atoms with Crippen LogP contribution in [0.15, 0.2) is 40.4 Å². The molecule has 1 fully saturated rings. The summed E-state index contributed by atoms with van der Waals surface area (Å²) in [6.45, 7) is 4.45.